The van der Waals surface area contributed by atoms with Gasteiger partial charge in [-0.2, -0.15) is 0 Å². The van der Waals surface area contributed by atoms with Crippen LogP contribution in [0.5, 0.6) is 5.75 Å². The summed E-state index contributed by atoms with van der Waals surface area (Å²) in [6, 6.07) is 13.0. The molecule has 0 aromatic heterocycles. The van der Waals surface area contributed by atoms with Crippen molar-refractivity contribution in [1.82, 2.24) is 5.32 Å². The lowest BCUT2D eigenvalue weighted by molar-refractivity contribution is 0.415. The Kier molecular flexibility index (Phi) is 5.99. The molecule has 8 heteroatoms. The van der Waals surface area contributed by atoms with E-state index < -0.39 is 10.0 Å². The van der Waals surface area contributed by atoms with Crippen LogP contribution in [0.4, 0.5) is 11.4 Å². The van der Waals surface area contributed by atoms with Gasteiger partial charge in [0.25, 0.3) is 10.0 Å². The number of rotatable bonds is 6. The predicted molar refractivity (Wildman–Crippen MR) is 100 cm³/mol. The molecule has 0 aliphatic heterocycles. The molecule has 3 N–H and O–H groups in total. The molecule has 2 aromatic rings. The van der Waals surface area contributed by atoms with Crippen LogP contribution in [0, 0.1) is 0 Å². The van der Waals surface area contributed by atoms with Gasteiger partial charge in [-0.15, -0.1) is 0 Å². The average Bonchev–Trinajstić information content (AvgIpc) is 2.56. The quantitative estimate of drug-likeness (QED) is 0.683. The van der Waals surface area contributed by atoms with Crippen LogP contribution in [-0.4, -0.2) is 27.2 Å². The zero-order chi connectivity index (χ0) is 17.6. The molecule has 0 amide bonds. The summed E-state index contributed by atoms with van der Waals surface area (Å²) in [6.45, 7) is 2.65. The highest BCUT2D eigenvalue weighted by atomic mass is 32.2. The number of methoxy groups -OCH3 is 1. The first kappa shape index (κ1) is 18.0. The van der Waals surface area contributed by atoms with Crippen molar-refractivity contribution >= 4 is 38.7 Å². The van der Waals surface area contributed by atoms with E-state index in [-0.39, 0.29) is 4.90 Å². The largest absolute Gasteiger partial charge is 0.497 e. The van der Waals surface area contributed by atoms with Crippen LogP contribution in [0.3, 0.4) is 0 Å². The minimum atomic E-state index is -3.66. The lowest BCUT2D eigenvalue weighted by atomic mass is 10.3. The summed E-state index contributed by atoms with van der Waals surface area (Å²) in [7, 11) is -2.10. The smallest absolute Gasteiger partial charge is 0.261 e. The Bertz CT molecular complexity index is 788. The van der Waals surface area contributed by atoms with Gasteiger partial charge in [-0.3, -0.25) is 4.72 Å². The van der Waals surface area contributed by atoms with Crippen molar-refractivity contribution < 1.29 is 13.2 Å². The third kappa shape index (κ3) is 4.84. The minimum absolute atomic E-state index is 0.165. The molecule has 0 spiro atoms. The Balaban J connectivity index is 2.09. The molecule has 0 fully saturated rings. The summed E-state index contributed by atoms with van der Waals surface area (Å²) in [6.07, 6.45) is 0. The lowest BCUT2D eigenvalue weighted by Gasteiger charge is -2.11. The molecule has 0 heterocycles. The second-order valence-corrected chi connectivity index (χ2v) is 6.93. The Morgan fingerprint density at radius 2 is 1.62 bits per heavy atom. The fourth-order valence-corrected chi connectivity index (χ4v) is 3.25. The average molecular weight is 365 g/mol. The van der Waals surface area contributed by atoms with Gasteiger partial charge in [0.2, 0.25) is 0 Å². The van der Waals surface area contributed by atoms with Crippen molar-refractivity contribution in [3.8, 4) is 5.75 Å². The monoisotopic (exact) mass is 365 g/mol. The molecule has 0 radical (unpaired) electrons. The summed E-state index contributed by atoms with van der Waals surface area (Å²) in [5, 5.41) is 6.43. The Morgan fingerprint density at radius 1 is 1.04 bits per heavy atom. The maximum absolute atomic E-state index is 12.4. The van der Waals surface area contributed by atoms with Crippen molar-refractivity contribution in [3.05, 3.63) is 48.5 Å². The molecule has 0 saturated heterocycles. The van der Waals surface area contributed by atoms with Crippen LogP contribution in [-0.2, 0) is 10.0 Å². The summed E-state index contributed by atoms with van der Waals surface area (Å²) >= 11 is 5.09. The van der Waals surface area contributed by atoms with E-state index in [4.69, 9.17) is 17.0 Å². The van der Waals surface area contributed by atoms with Crippen LogP contribution >= 0.6 is 12.2 Å². The van der Waals surface area contributed by atoms with E-state index in [9.17, 15) is 8.42 Å². The maximum Gasteiger partial charge on any atom is 0.261 e. The Labute approximate surface area is 147 Å². The lowest BCUT2D eigenvalue weighted by Crippen LogP contribution is -2.27. The van der Waals surface area contributed by atoms with Crippen LogP contribution in [0.15, 0.2) is 53.4 Å². The molecule has 0 atom stereocenters. The molecule has 0 saturated carbocycles. The Hall–Kier alpha value is -2.32. The molecule has 24 heavy (non-hydrogen) atoms. The van der Waals surface area contributed by atoms with Crippen molar-refractivity contribution in [2.75, 3.05) is 23.7 Å². The van der Waals surface area contributed by atoms with Crippen molar-refractivity contribution in [2.24, 2.45) is 0 Å². The van der Waals surface area contributed by atoms with Gasteiger partial charge in [0.15, 0.2) is 5.11 Å². The molecule has 0 aliphatic carbocycles. The second-order valence-electron chi connectivity index (χ2n) is 4.84. The van der Waals surface area contributed by atoms with Gasteiger partial charge >= 0.3 is 0 Å². The van der Waals surface area contributed by atoms with Crippen LogP contribution < -0.4 is 20.1 Å². The maximum atomic E-state index is 12.4. The third-order valence-electron chi connectivity index (χ3n) is 3.10. The second kappa shape index (κ2) is 7.98. The number of thiocarbonyl (C=S) groups is 1. The number of benzene rings is 2. The number of ether oxygens (including phenoxy) is 1. The molecular weight excluding hydrogens is 346 g/mol. The summed E-state index contributed by atoms with van der Waals surface area (Å²) in [5.41, 5.74) is 1.18. The highest BCUT2D eigenvalue weighted by molar-refractivity contribution is 7.92. The van der Waals surface area contributed by atoms with E-state index in [0.717, 1.165) is 0 Å². The number of hydrogen-bond acceptors (Lipinski definition) is 4. The number of hydrogen-bond donors (Lipinski definition) is 3. The SMILES string of the molecule is CCNC(=S)Nc1ccc(S(=O)(=O)Nc2ccc(OC)cc2)cc1. The van der Waals surface area contributed by atoms with E-state index in [0.29, 0.717) is 28.8 Å². The molecule has 0 bridgehead atoms. The first-order chi connectivity index (χ1) is 11.4. The first-order valence-corrected chi connectivity index (χ1v) is 9.15. The molecule has 0 unspecified atom stereocenters. The third-order valence-corrected chi connectivity index (χ3v) is 4.75. The zero-order valence-electron chi connectivity index (χ0n) is 13.4. The summed E-state index contributed by atoms with van der Waals surface area (Å²) < 4.78 is 32.4. The van der Waals surface area contributed by atoms with Crippen LogP contribution in [0.1, 0.15) is 6.92 Å². The molecule has 6 nitrogen and oxygen atoms in total. The molecule has 0 aliphatic rings. The topological polar surface area (TPSA) is 79.5 Å². The van der Waals surface area contributed by atoms with E-state index in [1.807, 2.05) is 6.92 Å². The zero-order valence-corrected chi connectivity index (χ0v) is 15.0. The van der Waals surface area contributed by atoms with E-state index in [2.05, 4.69) is 15.4 Å². The highest BCUT2D eigenvalue weighted by Gasteiger charge is 2.14. The number of nitrogens with one attached hydrogen (secondary N) is 3. The normalized spacial score (nSPS) is 10.8. The van der Waals surface area contributed by atoms with Gasteiger partial charge in [0.1, 0.15) is 5.75 Å². The molecular formula is C16H19N3O3S2. The van der Waals surface area contributed by atoms with Gasteiger partial charge in [-0.05, 0) is 67.7 Å². The van der Waals surface area contributed by atoms with Crippen LogP contribution in [0.25, 0.3) is 0 Å². The minimum Gasteiger partial charge on any atom is -0.497 e. The highest BCUT2D eigenvalue weighted by Crippen LogP contribution is 2.20. The van der Waals surface area contributed by atoms with Crippen molar-refractivity contribution in [1.29, 1.82) is 0 Å². The molecule has 2 aromatic carbocycles. The van der Waals surface area contributed by atoms with E-state index >= 15 is 0 Å². The molecule has 2 rings (SSSR count). The fourth-order valence-electron chi connectivity index (χ4n) is 1.93. The fraction of sp³-hybridized carbons (Fsp3) is 0.188. The number of anilines is 2. The van der Waals surface area contributed by atoms with Crippen molar-refractivity contribution in [3.63, 3.8) is 0 Å². The standard InChI is InChI=1S/C16H19N3O3S2/c1-3-17-16(23)18-12-6-10-15(11-7-12)24(20,21)19-13-4-8-14(22-2)9-5-13/h4-11,19H,3H2,1-2H3,(H2,17,18,23). The van der Waals surface area contributed by atoms with E-state index in [1.165, 1.54) is 12.1 Å². The first-order valence-electron chi connectivity index (χ1n) is 7.26. The molecule has 128 valence electrons. The van der Waals surface area contributed by atoms with E-state index in [1.54, 1.807) is 43.5 Å². The summed E-state index contributed by atoms with van der Waals surface area (Å²) in [4.78, 5) is 0.165. The van der Waals surface area contributed by atoms with Gasteiger partial charge in [-0.25, -0.2) is 8.42 Å². The van der Waals surface area contributed by atoms with Gasteiger partial charge < -0.3 is 15.4 Å². The predicted octanol–water partition coefficient (Wildman–Crippen LogP) is 2.80. The van der Waals surface area contributed by atoms with Crippen LogP contribution in [0.2, 0.25) is 0 Å². The summed E-state index contributed by atoms with van der Waals surface area (Å²) in [5.74, 6) is 0.657. The Morgan fingerprint density at radius 3 is 2.17 bits per heavy atom. The van der Waals surface area contributed by atoms with Gasteiger partial charge in [0, 0.05) is 17.9 Å². The number of sulfonamides is 1. The van der Waals surface area contributed by atoms with Crippen molar-refractivity contribution in [2.45, 2.75) is 11.8 Å². The van der Waals surface area contributed by atoms with Gasteiger partial charge in [0.05, 0.1) is 12.0 Å². The van der Waals surface area contributed by atoms with Gasteiger partial charge in [-0.1, -0.05) is 0 Å².